The normalized spacial score (nSPS) is 14.2. The highest BCUT2D eigenvalue weighted by Gasteiger charge is 2.19. The van der Waals surface area contributed by atoms with Gasteiger partial charge < -0.3 is 14.2 Å². The number of carbonyl (C=O) groups is 1. The lowest BCUT2D eigenvalue weighted by molar-refractivity contribution is -0.151. The first-order valence-electron chi connectivity index (χ1n) is 6.88. The van der Waals surface area contributed by atoms with Gasteiger partial charge in [-0.2, -0.15) is 0 Å². The van der Waals surface area contributed by atoms with Crippen LogP contribution in [0.2, 0.25) is 0 Å². The second-order valence-corrected chi connectivity index (χ2v) is 4.63. The molecule has 0 saturated heterocycles. The second-order valence-electron chi connectivity index (χ2n) is 4.63. The Morgan fingerprint density at radius 2 is 1.72 bits per heavy atom. The lowest BCUT2D eigenvalue weighted by Gasteiger charge is -2.17. The first-order chi connectivity index (χ1) is 8.65. The molecule has 0 aliphatic carbocycles. The summed E-state index contributed by atoms with van der Waals surface area (Å²) in [7, 11) is 1.63. The van der Waals surface area contributed by atoms with Crippen molar-refractivity contribution in [3.8, 4) is 0 Å². The first kappa shape index (κ1) is 17.4. The van der Waals surface area contributed by atoms with Crippen LogP contribution in [0.25, 0.3) is 0 Å². The molecule has 4 nitrogen and oxygen atoms in total. The Hall–Kier alpha value is -0.610. The van der Waals surface area contributed by atoms with E-state index >= 15 is 0 Å². The molecule has 0 spiro atoms. The summed E-state index contributed by atoms with van der Waals surface area (Å²) in [6.07, 6.45) is 2.86. The van der Waals surface area contributed by atoms with E-state index in [2.05, 4.69) is 13.8 Å². The van der Waals surface area contributed by atoms with Crippen molar-refractivity contribution in [1.82, 2.24) is 0 Å². The van der Waals surface area contributed by atoms with Crippen LogP contribution in [-0.4, -0.2) is 39.5 Å². The van der Waals surface area contributed by atoms with Gasteiger partial charge in [-0.3, -0.25) is 4.79 Å². The minimum Gasteiger partial charge on any atom is -0.463 e. The minimum atomic E-state index is -0.0897. The van der Waals surface area contributed by atoms with Crippen LogP contribution < -0.4 is 0 Å². The summed E-state index contributed by atoms with van der Waals surface area (Å²) >= 11 is 0. The van der Waals surface area contributed by atoms with Gasteiger partial charge in [0.15, 0.2) is 0 Å². The van der Waals surface area contributed by atoms with Gasteiger partial charge in [0.2, 0.25) is 0 Å². The van der Waals surface area contributed by atoms with Crippen LogP contribution >= 0.6 is 0 Å². The number of methoxy groups -OCH3 is 1. The summed E-state index contributed by atoms with van der Waals surface area (Å²) in [6, 6.07) is 0. The van der Waals surface area contributed by atoms with E-state index in [-0.39, 0.29) is 11.9 Å². The fourth-order valence-electron chi connectivity index (χ4n) is 1.65. The maximum Gasteiger partial charge on any atom is 0.309 e. The molecule has 18 heavy (non-hydrogen) atoms. The van der Waals surface area contributed by atoms with Gasteiger partial charge in [-0.15, -0.1) is 0 Å². The predicted molar refractivity (Wildman–Crippen MR) is 71.5 cm³/mol. The van der Waals surface area contributed by atoms with E-state index in [1.165, 1.54) is 0 Å². The van der Waals surface area contributed by atoms with Gasteiger partial charge in [-0.1, -0.05) is 27.2 Å². The molecule has 0 fully saturated rings. The summed E-state index contributed by atoms with van der Waals surface area (Å²) in [5.41, 5.74) is 0. The molecule has 0 radical (unpaired) electrons. The summed E-state index contributed by atoms with van der Waals surface area (Å²) in [5, 5.41) is 0. The largest absolute Gasteiger partial charge is 0.463 e. The van der Waals surface area contributed by atoms with Gasteiger partial charge in [0.05, 0.1) is 25.7 Å². The predicted octanol–water partition coefficient (Wildman–Crippen LogP) is 2.66. The molecular weight excluding hydrogens is 232 g/mol. The fraction of sp³-hybridized carbons (Fsp3) is 0.929. The molecule has 0 aliphatic rings. The van der Waals surface area contributed by atoms with Crippen LogP contribution in [0.3, 0.4) is 0 Å². The third kappa shape index (κ3) is 8.48. The van der Waals surface area contributed by atoms with Crippen LogP contribution in [-0.2, 0) is 19.0 Å². The van der Waals surface area contributed by atoms with Crippen LogP contribution in [0.4, 0.5) is 0 Å². The van der Waals surface area contributed by atoms with E-state index in [1.807, 2.05) is 6.92 Å². The quantitative estimate of drug-likeness (QED) is 0.423. The number of carbonyl (C=O) groups excluding carboxylic acids is 1. The van der Waals surface area contributed by atoms with Gasteiger partial charge in [-0.25, -0.2) is 0 Å². The van der Waals surface area contributed by atoms with Crippen molar-refractivity contribution in [3.63, 3.8) is 0 Å². The molecule has 0 aromatic rings. The monoisotopic (exact) mass is 260 g/mol. The molecule has 0 N–H and O–H groups in total. The molecule has 2 atom stereocenters. The van der Waals surface area contributed by atoms with Gasteiger partial charge >= 0.3 is 5.97 Å². The Morgan fingerprint density at radius 1 is 1.06 bits per heavy atom. The van der Waals surface area contributed by atoms with Gasteiger partial charge in [0.1, 0.15) is 6.61 Å². The summed E-state index contributed by atoms with van der Waals surface area (Å²) < 4.78 is 15.3. The highest BCUT2D eigenvalue weighted by atomic mass is 16.6. The Balaban J connectivity index is 3.70. The summed E-state index contributed by atoms with van der Waals surface area (Å²) in [4.78, 5) is 11.8. The fourth-order valence-corrected chi connectivity index (χ4v) is 1.65. The zero-order chi connectivity index (χ0) is 13.8. The van der Waals surface area contributed by atoms with Crippen molar-refractivity contribution >= 4 is 5.97 Å². The molecule has 0 aromatic carbocycles. The van der Waals surface area contributed by atoms with E-state index in [1.54, 1.807) is 7.11 Å². The van der Waals surface area contributed by atoms with Crippen LogP contribution in [0, 0.1) is 11.8 Å². The molecule has 0 aromatic heterocycles. The van der Waals surface area contributed by atoms with Crippen molar-refractivity contribution in [2.45, 2.75) is 40.0 Å². The maximum absolute atomic E-state index is 11.8. The van der Waals surface area contributed by atoms with Crippen molar-refractivity contribution in [3.05, 3.63) is 0 Å². The Kier molecular flexibility index (Phi) is 11.1. The molecule has 0 aliphatic heterocycles. The summed E-state index contributed by atoms with van der Waals surface area (Å²) in [6.45, 7) is 8.23. The smallest absolute Gasteiger partial charge is 0.309 e. The Labute approximate surface area is 111 Å². The van der Waals surface area contributed by atoms with Crippen molar-refractivity contribution in [1.29, 1.82) is 0 Å². The number of ether oxygens (including phenoxy) is 3. The molecule has 0 heterocycles. The zero-order valence-corrected chi connectivity index (χ0v) is 12.2. The third-order valence-corrected chi connectivity index (χ3v) is 3.11. The zero-order valence-electron chi connectivity index (χ0n) is 12.2. The molecule has 0 saturated carbocycles. The lowest BCUT2D eigenvalue weighted by atomic mass is 9.92. The molecule has 0 bridgehead atoms. The summed E-state index contributed by atoms with van der Waals surface area (Å²) in [5.74, 6) is 0.507. The molecule has 4 heteroatoms. The van der Waals surface area contributed by atoms with Gasteiger partial charge in [0.25, 0.3) is 0 Å². The van der Waals surface area contributed by atoms with E-state index in [0.29, 0.717) is 32.3 Å². The number of hydrogen-bond acceptors (Lipinski definition) is 4. The molecule has 2 unspecified atom stereocenters. The molecule has 0 amide bonds. The number of rotatable bonds is 11. The lowest BCUT2D eigenvalue weighted by Crippen LogP contribution is -2.21. The van der Waals surface area contributed by atoms with Crippen LogP contribution in [0.15, 0.2) is 0 Å². The third-order valence-electron chi connectivity index (χ3n) is 3.11. The average Bonchev–Trinajstić information content (AvgIpc) is 2.39. The van der Waals surface area contributed by atoms with E-state index in [4.69, 9.17) is 14.2 Å². The average molecular weight is 260 g/mol. The van der Waals surface area contributed by atoms with Crippen molar-refractivity contribution in [2.24, 2.45) is 11.8 Å². The molecular formula is C14H28O4. The Bertz CT molecular complexity index is 206. The van der Waals surface area contributed by atoms with Crippen LogP contribution in [0.1, 0.15) is 40.0 Å². The van der Waals surface area contributed by atoms with Crippen molar-refractivity contribution < 1.29 is 19.0 Å². The van der Waals surface area contributed by atoms with E-state index in [9.17, 15) is 4.79 Å². The van der Waals surface area contributed by atoms with Gasteiger partial charge in [-0.05, 0) is 18.8 Å². The van der Waals surface area contributed by atoms with Crippen LogP contribution in [0.5, 0.6) is 0 Å². The van der Waals surface area contributed by atoms with E-state index in [0.717, 1.165) is 19.3 Å². The first-order valence-corrected chi connectivity index (χ1v) is 6.88. The van der Waals surface area contributed by atoms with Crippen molar-refractivity contribution in [2.75, 3.05) is 33.5 Å². The number of esters is 1. The topological polar surface area (TPSA) is 44.8 Å². The SMILES string of the molecule is CCC(C)CC(CC)C(=O)OCCOCCOC. The molecule has 0 rings (SSSR count). The minimum absolute atomic E-state index is 0.0268. The molecule has 108 valence electrons. The van der Waals surface area contributed by atoms with Gasteiger partial charge in [0, 0.05) is 7.11 Å². The standard InChI is InChI=1S/C14H28O4/c1-5-12(3)11-13(6-2)14(15)18-10-9-17-8-7-16-4/h12-13H,5-11H2,1-4H3. The second kappa shape index (κ2) is 11.5. The highest BCUT2D eigenvalue weighted by molar-refractivity contribution is 5.72. The maximum atomic E-state index is 11.8. The van der Waals surface area contributed by atoms with E-state index < -0.39 is 0 Å². The number of hydrogen-bond donors (Lipinski definition) is 0. The highest BCUT2D eigenvalue weighted by Crippen LogP contribution is 2.19. The Morgan fingerprint density at radius 3 is 2.28 bits per heavy atom.